The van der Waals surface area contributed by atoms with E-state index in [2.05, 4.69) is 0 Å². The van der Waals surface area contributed by atoms with Gasteiger partial charge in [0.1, 0.15) is 6.04 Å². The number of amides is 1. The predicted octanol–water partition coefficient (Wildman–Crippen LogP) is -0.246. The molecule has 1 rings (SSSR count). The van der Waals surface area contributed by atoms with Crippen LogP contribution in [0.2, 0.25) is 0 Å². The van der Waals surface area contributed by atoms with Gasteiger partial charge < -0.3 is 15.7 Å². The van der Waals surface area contributed by atoms with E-state index < -0.39 is 12.0 Å². The number of hydrogen-bond acceptors (Lipinski definition) is 4. The van der Waals surface area contributed by atoms with Crippen molar-refractivity contribution in [3.8, 4) is 0 Å². The molecule has 5 nitrogen and oxygen atoms in total. The number of carboxylic acid groups (broad SMARTS) is 1. The molecular weight excluding hydrogens is 216 g/mol. The van der Waals surface area contributed by atoms with E-state index in [0.717, 1.165) is 25.9 Å². The Labute approximate surface area is 93.0 Å². The summed E-state index contributed by atoms with van der Waals surface area (Å²) in [4.78, 5) is 23.7. The lowest BCUT2D eigenvalue weighted by molar-refractivity contribution is -0.138. The molecule has 86 valence electrons. The lowest BCUT2D eigenvalue weighted by atomic mass is 10.4. The molecule has 1 fully saturated rings. The quantitative estimate of drug-likeness (QED) is 0.683. The van der Waals surface area contributed by atoms with Gasteiger partial charge in [-0.05, 0) is 12.8 Å². The Morgan fingerprint density at radius 2 is 2.00 bits per heavy atom. The molecule has 6 heteroatoms. The number of rotatable bonds is 5. The molecule has 0 aliphatic carbocycles. The first-order valence-corrected chi connectivity index (χ1v) is 6.10. The molecule has 0 aromatic rings. The summed E-state index contributed by atoms with van der Waals surface area (Å²) in [7, 11) is 0. The molecule has 0 aromatic heterocycles. The summed E-state index contributed by atoms with van der Waals surface area (Å²) < 4.78 is 0. The van der Waals surface area contributed by atoms with Crippen LogP contribution in [-0.2, 0) is 9.59 Å². The van der Waals surface area contributed by atoms with Crippen LogP contribution in [-0.4, -0.2) is 52.5 Å². The first-order chi connectivity index (χ1) is 7.11. The van der Waals surface area contributed by atoms with E-state index >= 15 is 0 Å². The minimum atomic E-state index is -1.02. The zero-order chi connectivity index (χ0) is 11.3. The van der Waals surface area contributed by atoms with Crippen molar-refractivity contribution in [2.45, 2.75) is 18.9 Å². The molecule has 1 saturated heterocycles. The van der Waals surface area contributed by atoms with Crippen molar-refractivity contribution in [1.29, 1.82) is 0 Å². The van der Waals surface area contributed by atoms with E-state index in [1.165, 1.54) is 11.8 Å². The van der Waals surface area contributed by atoms with Gasteiger partial charge in [0.2, 0.25) is 5.91 Å². The van der Waals surface area contributed by atoms with Crippen LogP contribution >= 0.6 is 11.8 Å². The molecule has 0 radical (unpaired) electrons. The van der Waals surface area contributed by atoms with E-state index in [1.807, 2.05) is 4.90 Å². The second kappa shape index (κ2) is 5.97. The Kier molecular flexibility index (Phi) is 4.90. The highest BCUT2D eigenvalue weighted by Gasteiger charge is 2.18. The van der Waals surface area contributed by atoms with Crippen molar-refractivity contribution in [2.24, 2.45) is 5.73 Å². The summed E-state index contributed by atoms with van der Waals surface area (Å²) in [6.07, 6.45) is 2.15. The zero-order valence-electron chi connectivity index (χ0n) is 8.52. The molecule has 0 aromatic carbocycles. The topological polar surface area (TPSA) is 83.6 Å². The van der Waals surface area contributed by atoms with Crippen LogP contribution in [0, 0.1) is 0 Å². The number of nitrogens with two attached hydrogens (primary N) is 1. The molecule has 0 saturated carbocycles. The van der Waals surface area contributed by atoms with Crippen molar-refractivity contribution < 1.29 is 14.7 Å². The van der Waals surface area contributed by atoms with Gasteiger partial charge in [-0.15, -0.1) is 11.8 Å². The summed E-state index contributed by atoms with van der Waals surface area (Å²) in [6, 6.07) is -0.874. The first kappa shape index (κ1) is 12.3. The Balaban J connectivity index is 2.14. The predicted molar refractivity (Wildman–Crippen MR) is 58.8 cm³/mol. The van der Waals surface area contributed by atoms with Gasteiger partial charge in [0, 0.05) is 18.8 Å². The smallest absolute Gasteiger partial charge is 0.321 e. The number of thioether (sulfide) groups is 1. The molecule has 1 amide bonds. The second-order valence-electron chi connectivity index (χ2n) is 3.55. The number of carbonyl (C=O) groups is 2. The number of carboxylic acids is 1. The average Bonchev–Trinajstić information content (AvgIpc) is 2.70. The van der Waals surface area contributed by atoms with E-state index in [1.54, 1.807) is 0 Å². The molecule has 3 N–H and O–H groups in total. The van der Waals surface area contributed by atoms with Gasteiger partial charge in [-0.1, -0.05) is 0 Å². The standard InChI is InChI=1S/C9H16N2O3S/c10-7(9(13)14)5-15-6-8(12)11-3-1-2-4-11/h7H,1-6,10H2,(H,13,14). The van der Waals surface area contributed by atoms with E-state index in [4.69, 9.17) is 10.8 Å². The Hall–Kier alpha value is -0.750. The molecular formula is C9H16N2O3S. The second-order valence-corrected chi connectivity index (χ2v) is 4.58. The number of aliphatic carboxylic acids is 1. The van der Waals surface area contributed by atoms with Crippen LogP contribution in [0.15, 0.2) is 0 Å². The normalized spacial score (nSPS) is 17.8. The van der Waals surface area contributed by atoms with Gasteiger partial charge >= 0.3 is 5.97 Å². The molecule has 1 heterocycles. The van der Waals surface area contributed by atoms with Gasteiger partial charge in [0.15, 0.2) is 0 Å². The number of carbonyl (C=O) groups excluding carboxylic acids is 1. The third-order valence-corrected chi connectivity index (χ3v) is 3.34. The van der Waals surface area contributed by atoms with Crippen molar-refractivity contribution in [2.75, 3.05) is 24.6 Å². The van der Waals surface area contributed by atoms with Crippen LogP contribution in [0.4, 0.5) is 0 Å². The Morgan fingerprint density at radius 3 is 2.53 bits per heavy atom. The van der Waals surface area contributed by atoms with Gasteiger partial charge in [0.25, 0.3) is 0 Å². The molecule has 0 bridgehead atoms. The average molecular weight is 232 g/mol. The van der Waals surface area contributed by atoms with E-state index in [-0.39, 0.29) is 11.7 Å². The molecule has 15 heavy (non-hydrogen) atoms. The monoisotopic (exact) mass is 232 g/mol. The van der Waals surface area contributed by atoms with Crippen LogP contribution < -0.4 is 5.73 Å². The van der Waals surface area contributed by atoms with E-state index in [0.29, 0.717) is 5.75 Å². The Bertz CT molecular complexity index is 242. The lowest BCUT2D eigenvalue weighted by Crippen LogP contribution is -2.34. The third kappa shape index (κ3) is 4.09. The van der Waals surface area contributed by atoms with E-state index in [9.17, 15) is 9.59 Å². The van der Waals surface area contributed by atoms with Crippen molar-refractivity contribution in [3.05, 3.63) is 0 Å². The van der Waals surface area contributed by atoms with Gasteiger partial charge in [-0.25, -0.2) is 0 Å². The molecule has 0 spiro atoms. The fourth-order valence-electron chi connectivity index (χ4n) is 1.40. The molecule has 1 aliphatic heterocycles. The minimum Gasteiger partial charge on any atom is -0.480 e. The van der Waals surface area contributed by atoms with Crippen molar-refractivity contribution in [3.63, 3.8) is 0 Å². The van der Waals surface area contributed by atoms with Gasteiger partial charge in [-0.2, -0.15) is 0 Å². The van der Waals surface area contributed by atoms with Crippen molar-refractivity contribution >= 4 is 23.6 Å². The fraction of sp³-hybridized carbons (Fsp3) is 0.778. The van der Waals surface area contributed by atoms with Gasteiger partial charge in [0.05, 0.1) is 5.75 Å². The number of likely N-dealkylation sites (tertiary alicyclic amines) is 1. The number of hydrogen-bond donors (Lipinski definition) is 2. The third-order valence-electron chi connectivity index (χ3n) is 2.30. The first-order valence-electron chi connectivity index (χ1n) is 4.95. The highest BCUT2D eigenvalue weighted by Crippen LogP contribution is 2.10. The van der Waals surface area contributed by atoms with Crippen molar-refractivity contribution in [1.82, 2.24) is 4.90 Å². The summed E-state index contributed by atoms with van der Waals surface area (Å²) in [6.45, 7) is 1.68. The van der Waals surface area contributed by atoms with Crippen LogP contribution in [0.25, 0.3) is 0 Å². The SMILES string of the molecule is NC(CSCC(=O)N1CCCC1)C(=O)O. The number of nitrogens with zero attached hydrogens (tertiary/aromatic N) is 1. The molecule has 1 atom stereocenters. The van der Waals surface area contributed by atoms with Crippen LogP contribution in [0.1, 0.15) is 12.8 Å². The maximum atomic E-state index is 11.5. The maximum absolute atomic E-state index is 11.5. The highest BCUT2D eigenvalue weighted by molar-refractivity contribution is 8.00. The maximum Gasteiger partial charge on any atom is 0.321 e. The summed E-state index contributed by atoms with van der Waals surface area (Å²) in [5.41, 5.74) is 5.31. The molecule has 1 unspecified atom stereocenters. The minimum absolute atomic E-state index is 0.0927. The fourth-order valence-corrected chi connectivity index (χ4v) is 2.27. The van der Waals surface area contributed by atoms with Crippen LogP contribution in [0.3, 0.4) is 0 Å². The highest BCUT2D eigenvalue weighted by atomic mass is 32.2. The molecule has 1 aliphatic rings. The largest absolute Gasteiger partial charge is 0.480 e. The summed E-state index contributed by atoms with van der Waals surface area (Å²) in [5, 5.41) is 8.53. The Morgan fingerprint density at radius 1 is 1.40 bits per heavy atom. The van der Waals surface area contributed by atoms with Crippen LogP contribution in [0.5, 0.6) is 0 Å². The zero-order valence-corrected chi connectivity index (χ0v) is 9.33. The van der Waals surface area contributed by atoms with Gasteiger partial charge in [-0.3, -0.25) is 9.59 Å². The summed E-state index contributed by atoms with van der Waals surface area (Å²) >= 11 is 1.29. The summed E-state index contributed by atoms with van der Waals surface area (Å²) in [5.74, 6) is -0.304. The lowest BCUT2D eigenvalue weighted by Gasteiger charge is -2.15.